The van der Waals surface area contributed by atoms with E-state index in [1.807, 2.05) is 32.9 Å². The van der Waals surface area contributed by atoms with Crippen LogP contribution in [0, 0.1) is 0 Å². The summed E-state index contributed by atoms with van der Waals surface area (Å²) in [4.78, 5) is 40.4. The zero-order chi connectivity index (χ0) is 21.7. The van der Waals surface area contributed by atoms with Crippen LogP contribution < -0.4 is 9.47 Å². The van der Waals surface area contributed by atoms with Crippen molar-refractivity contribution in [2.45, 2.75) is 46.1 Å². The number of benzene rings is 1. The Hall–Kier alpha value is -2.48. The molecule has 2 fully saturated rings. The molecule has 2 heterocycles. The van der Waals surface area contributed by atoms with Crippen LogP contribution in [0.2, 0.25) is 0 Å². The molecule has 2 aliphatic heterocycles. The van der Waals surface area contributed by atoms with E-state index in [-0.39, 0.29) is 18.6 Å². The van der Waals surface area contributed by atoms with E-state index in [0.717, 1.165) is 41.5 Å². The van der Waals surface area contributed by atoms with E-state index in [9.17, 15) is 14.4 Å². The molecule has 0 unspecified atom stereocenters. The van der Waals surface area contributed by atoms with Crippen molar-refractivity contribution in [3.05, 3.63) is 28.7 Å². The standard InChI is InChI=1S/C22H28N2O5S/c1-4-15(3)29-17-9-8-16(12-18(17)28-5-2)13-19-21(26)24(22(27)30-19)14-20(25)23-10-6-7-11-23/h8-9,12-13,15H,4-7,10-11,14H2,1-3H3/b19-13+/t15-/m1/s1. The molecule has 3 amide bonds. The zero-order valence-electron chi connectivity index (χ0n) is 17.7. The minimum Gasteiger partial charge on any atom is -0.490 e. The predicted molar refractivity (Wildman–Crippen MR) is 116 cm³/mol. The topological polar surface area (TPSA) is 76.2 Å². The SMILES string of the molecule is CCOc1cc(/C=C2/SC(=O)N(CC(=O)N3CCCC3)C2=O)ccc1O[C@H](C)CC. The van der Waals surface area contributed by atoms with Crippen molar-refractivity contribution >= 4 is 34.9 Å². The molecule has 0 aliphatic carbocycles. The van der Waals surface area contributed by atoms with Crippen molar-refractivity contribution in [3.8, 4) is 11.5 Å². The van der Waals surface area contributed by atoms with Gasteiger partial charge in [-0.25, -0.2) is 0 Å². The van der Waals surface area contributed by atoms with E-state index in [2.05, 4.69) is 0 Å². The Labute approximate surface area is 181 Å². The number of carbonyl (C=O) groups excluding carboxylic acids is 3. The van der Waals surface area contributed by atoms with Crippen LogP contribution in [0.5, 0.6) is 11.5 Å². The molecular formula is C22H28N2O5S. The summed E-state index contributed by atoms with van der Waals surface area (Å²) in [7, 11) is 0. The molecule has 2 aliphatic rings. The van der Waals surface area contributed by atoms with Gasteiger partial charge >= 0.3 is 0 Å². The van der Waals surface area contributed by atoms with Gasteiger partial charge in [-0.15, -0.1) is 0 Å². The average molecular weight is 433 g/mol. The van der Waals surface area contributed by atoms with E-state index in [4.69, 9.17) is 9.47 Å². The Bertz CT molecular complexity index is 848. The van der Waals surface area contributed by atoms with Gasteiger partial charge in [0.25, 0.3) is 11.1 Å². The van der Waals surface area contributed by atoms with E-state index >= 15 is 0 Å². The van der Waals surface area contributed by atoms with E-state index in [0.29, 0.717) is 36.1 Å². The maximum Gasteiger partial charge on any atom is 0.294 e. The van der Waals surface area contributed by atoms with E-state index < -0.39 is 11.1 Å². The van der Waals surface area contributed by atoms with E-state index in [1.165, 1.54) is 0 Å². The first-order valence-electron chi connectivity index (χ1n) is 10.4. The van der Waals surface area contributed by atoms with Crippen LogP contribution in [0.15, 0.2) is 23.1 Å². The highest BCUT2D eigenvalue weighted by Gasteiger charge is 2.37. The van der Waals surface area contributed by atoms with Crippen LogP contribution in [-0.4, -0.2) is 59.2 Å². The molecule has 3 rings (SSSR count). The predicted octanol–water partition coefficient (Wildman–Crippen LogP) is 3.92. The van der Waals surface area contributed by atoms with Crippen LogP contribution in [0.25, 0.3) is 6.08 Å². The van der Waals surface area contributed by atoms with Crippen molar-refractivity contribution in [1.82, 2.24) is 9.80 Å². The van der Waals surface area contributed by atoms with Gasteiger partial charge in [-0.1, -0.05) is 13.0 Å². The van der Waals surface area contributed by atoms with Crippen molar-refractivity contribution in [2.75, 3.05) is 26.2 Å². The number of rotatable bonds is 8. The molecule has 0 saturated carbocycles. The lowest BCUT2D eigenvalue weighted by atomic mass is 10.1. The minimum absolute atomic E-state index is 0.0553. The van der Waals surface area contributed by atoms with Gasteiger partial charge in [-0.2, -0.15) is 0 Å². The molecule has 1 aromatic rings. The number of hydrogen-bond donors (Lipinski definition) is 0. The second-order valence-electron chi connectivity index (χ2n) is 7.33. The molecule has 1 atom stereocenters. The number of thioether (sulfide) groups is 1. The molecule has 30 heavy (non-hydrogen) atoms. The number of imide groups is 1. The maximum absolute atomic E-state index is 12.7. The second kappa shape index (κ2) is 10.0. The fourth-order valence-corrected chi connectivity index (χ4v) is 4.11. The number of likely N-dealkylation sites (tertiary alicyclic amines) is 1. The highest BCUT2D eigenvalue weighted by molar-refractivity contribution is 8.18. The van der Waals surface area contributed by atoms with Gasteiger partial charge in [0, 0.05) is 13.1 Å². The molecule has 0 spiro atoms. The third kappa shape index (κ3) is 5.16. The summed E-state index contributed by atoms with van der Waals surface area (Å²) in [6.07, 6.45) is 4.51. The largest absolute Gasteiger partial charge is 0.490 e. The summed E-state index contributed by atoms with van der Waals surface area (Å²) in [5.74, 6) is 0.624. The van der Waals surface area contributed by atoms with Crippen molar-refractivity contribution in [3.63, 3.8) is 0 Å². The normalized spacial score (nSPS) is 19.0. The molecule has 0 radical (unpaired) electrons. The smallest absolute Gasteiger partial charge is 0.294 e. The van der Waals surface area contributed by atoms with Gasteiger partial charge in [0.2, 0.25) is 5.91 Å². The summed E-state index contributed by atoms with van der Waals surface area (Å²) in [6.45, 7) is 7.59. The summed E-state index contributed by atoms with van der Waals surface area (Å²) in [6, 6.07) is 5.43. The Balaban J connectivity index is 1.75. The lowest BCUT2D eigenvalue weighted by Crippen LogP contribution is -2.40. The zero-order valence-corrected chi connectivity index (χ0v) is 18.5. The lowest BCUT2D eigenvalue weighted by Gasteiger charge is -2.18. The van der Waals surface area contributed by atoms with Crippen LogP contribution >= 0.6 is 11.8 Å². The van der Waals surface area contributed by atoms with Crippen LogP contribution in [0.3, 0.4) is 0 Å². The van der Waals surface area contributed by atoms with Gasteiger partial charge < -0.3 is 14.4 Å². The Morgan fingerprint density at radius 2 is 1.93 bits per heavy atom. The highest BCUT2D eigenvalue weighted by Crippen LogP contribution is 2.35. The van der Waals surface area contributed by atoms with Gasteiger partial charge in [-0.05, 0) is 68.6 Å². The van der Waals surface area contributed by atoms with Gasteiger partial charge in [0.1, 0.15) is 6.54 Å². The molecule has 0 aromatic heterocycles. The van der Waals surface area contributed by atoms with Crippen molar-refractivity contribution in [1.29, 1.82) is 0 Å². The van der Waals surface area contributed by atoms with Crippen LogP contribution in [-0.2, 0) is 9.59 Å². The van der Waals surface area contributed by atoms with Gasteiger partial charge in [-0.3, -0.25) is 19.3 Å². The number of ether oxygens (including phenoxy) is 2. The minimum atomic E-state index is -0.435. The Kier molecular flexibility index (Phi) is 7.42. The first-order valence-corrected chi connectivity index (χ1v) is 11.2. The molecule has 162 valence electrons. The van der Waals surface area contributed by atoms with Crippen LogP contribution in [0.1, 0.15) is 45.6 Å². The molecule has 7 nitrogen and oxygen atoms in total. The molecule has 8 heteroatoms. The molecule has 1 aromatic carbocycles. The third-order valence-electron chi connectivity index (χ3n) is 5.09. The number of hydrogen-bond acceptors (Lipinski definition) is 6. The monoisotopic (exact) mass is 432 g/mol. The van der Waals surface area contributed by atoms with Crippen LogP contribution in [0.4, 0.5) is 4.79 Å². The quantitative estimate of drug-likeness (QED) is 0.580. The van der Waals surface area contributed by atoms with Gasteiger partial charge in [0.05, 0.1) is 17.6 Å². The second-order valence-corrected chi connectivity index (χ2v) is 8.32. The molecule has 2 saturated heterocycles. The fraction of sp³-hybridized carbons (Fsp3) is 0.500. The van der Waals surface area contributed by atoms with Gasteiger partial charge in [0.15, 0.2) is 11.5 Å². The molecular weight excluding hydrogens is 404 g/mol. The number of amides is 3. The number of nitrogens with zero attached hydrogens (tertiary/aromatic N) is 2. The summed E-state index contributed by atoms with van der Waals surface area (Å²) >= 11 is 0.855. The third-order valence-corrected chi connectivity index (χ3v) is 6.00. The van der Waals surface area contributed by atoms with Crippen molar-refractivity contribution in [2.24, 2.45) is 0 Å². The Morgan fingerprint density at radius 1 is 1.20 bits per heavy atom. The summed E-state index contributed by atoms with van der Waals surface area (Å²) in [5, 5.41) is -0.416. The van der Waals surface area contributed by atoms with Crippen molar-refractivity contribution < 1.29 is 23.9 Å². The average Bonchev–Trinajstić information content (AvgIpc) is 3.35. The first kappa shape index (κ1) is 22.2. The lowest BCUT2D eigenvalue weighted by molar-refractivity contribution is -0.135. The molecule has 0 bridgehead atoms. The molecule has 0 N–H and O–H groups in total. The summed E-state index contributed by atoms with van der Waals surface area (Å²) < 4.78 is 11.6. The maximum atomic E-state index is 12.7. The number of carbonyl (C=O) groups is 3. The fourth-order valence-electron chi connectivity index (χ4n) is 3.27. The highest BCUT2D eigenvalue weighted by atomic mass is 32.2. The summed E-state index contributed by atoms with van der Waals surface area (Å²) in [5.41, 5.74) is 0.728. The Morgan fingerprint density at radius 3 is 2.60 bits per heavy atom. The first-order chi connectivity index (χ1) is 14.4. The van der Waals surface area contributed by atoms with E-state index in [1.54, 1.807) is 17.0 Å².